The van der Waals surface area contributed by atoms with Gasteiger partial charge >= 0.3 is 5.91 Å². The number of nitrogens with zero attached hydrogens (tertiary/aromatic N) is 5. The van der Waals surface area contributed by atoms with Gasteiger partial charge in [0, 0.05) is 11.9 Å². The van der Waals surface area contributed by atoms with Crippen molar-refractivity contribution in [1.29, 1.82) is 0 Å². The van der Waals surface area contributed by atoms with E-state index in [0.717, 1.165) is 16.3 Å². The molecule has 0 radical (unpaired) electrons. The number of fused-ring (bicyclic) bond motifs is 2. The maximum absolute atomic E-state index is 13.8. The molecule has 1 amide bonds. The fraction of sp³-hybridized carbons (Fsp3) is 0.114. The predicted molar refractivity (Wildman–Crippen MR) is 180 cm³/mol. The van der Waals surface area contributed by atoms with Crippen LogP contribution < -0.4 is 9.64 Å². The molecular weight excluding hydrogens is 619 g/mol. The first-order chi connectivity index (χ1) is 22.4. The minimum absolute atomic E-state index is 0.0568. The van der Waals surface area contributed by atoms with Crippen LogP contribution >= 0.6 is 23.1 Å². The number of imidazole rings is 1. The number of aliphatic hydroxyl groups is 1. The van der Waals surface area contributed by atoms with Crippen LogP contribution in [0.15, 0.2) is 114 Å². The van der Waals surface area contributed by atoms with Gasteiger partial charge in [0.25, 0.3) is 5.78 Å². The maximum atomic E-state index is 13.8. The number of aromatic nitrogens is 4. The Kier molecular flexibility index (Phi) is 7.85. The molecule has 1 saturated heterocycles. The van der Waals surface area contributed by atoms with E-state index >= 15 is 0 Å². The van der Waals surface area contributed by atoms with E-state index in [2.05, 4.69) is 46.0 Å². The molecule has 0 spiro atoms. The van der Waals surface area contributed by atoms with E-state index in [4.69, 9.17) is 4.74 Å². The maximum Gasteiger partial charge on any atom is 0.301 e. The molecule has 4 heterocycles. The number of Topliss-reactive ketones (excluding diaryl/α,β-unsaturated/α-hetero) is 1. The van der Waals surface area contributed by atoms with E-state index in [0.29, 0.717) is 45.0 Å². The highest BCUT2D eigenvalue weighted by atomic mass is 32.2. The Morgan fingerprint density at radius 2 is 1.80 bits per heavy atom. The zero-order chi connectivity index (χ0) is 31.8. The molecule has 1 N–H and O–H groups in total. The van der Waals surface area contributed by atoms with Crippen molar-refractivity contribution in [3.05, 3.63) is 132 Å². The summed E-state index contributed by atoms with van der Waals surface area (Å²) in [6.07, 6.45) is 3.40. The normalized spacial score (nSPS) is 16.0. The van der Waals surface area contributed by atoms with Crippen LogP contribution in [0.2, 0.25) is 0 Å². The van der Waals surface area contributed by atoms with Gasteiger partial charge in [-0.1, -0.05) is 96.4 Å². The van der Waals surface area contributed by atoms with Gasteiger partial charge in [-0.05, 0) is 53.1 Å². The second-order valence-corrected chi connectivity index (χ2v) is 12.8. The third-order valence-electron chi connectivity index (χ3n) is 7.77. The molecule has 46 heavy (non-hydrogen) atoms. The van der Waals surface area contributed by atoms with E-state index in [1.807, 2.05) is 30.3 Å². The molecule has 9 nitrogen and oxygen atoms in total. The van der Waals surface area contributed by atoms with E-state index in [1.165, 1.54) is 28.0 Å². The van der Waals surface area contributed by atoms with Gasteiger partial charge in [0.05, 0.1) is 17.3 Å². The zero-order valence-corrected chi connectivity index (χ0v) is 26.3. The lowest BCUT2D eigenvalue weighted by molar-refractivity contribution is -0.132. The van der Waals surface area contributed by atoms with Crippen LogP contribution in [0.3, 0.4) is 0 Å². The van der Waals surface area contributed by atoms with E-state index in [1.54, 1.807) is 53.9 Å². The van der Waals surface area contributed by atoms with E-state index < -0.39 is 17.7 Å². The second kappa shape index (κ2) is 12.3. The van der Waals surface area contributed by atoms with Crippen molar-refractivity contribution in [2.45, 2.75) is 23.1 Å². The van der Waals surface area contributed by atoms with Gasteiger partial charge in [0.2, 0.25) is 5.13 Å². The summed E-state index contributed by atoms with van der Waals surface area (Å²) in [4.78, 5) is 33.4. The van der Waals surface area contributed by atoms with Gasteiger partial charge in [-0.15, -0.1) is 10.2 Å². The first kappa shape index (κ1) is 29.5. The summed E-state index contributed by atoms with van der Waals surface area (Å²) < 4.78 is 8.01. The van der Waals surface area contributed by atoms with Gasteiger partial charge in [-0.25, -0.2) is 4.98 Å². The molecule has 0 aliphatic carbocycles. The summed E-state index contributed by atoms with van der Waals surface area (Å²) in [5.74, 6) is -0.685. The quantitative estimate of drug-likeness (QED) is 0.0442. The average Bonchev–Trinajstić information content (AvgIpc) is 3.76. The van der Waals surface area contributed by atoms with Gasteiger partial charge in [0.1, 0.15) is 23.7 Å². The monoisotopic (exact) mass is 645 g/mol. The molecule has 1 unspecified atom stereocenters. The Morgan fingerprint density at radius 3 is 2.63 bits per heavy atom. The largest absolute Gasteiger partial charge is 0.505 e. The predicted octanol–water partition coefficient (Wildman–Crippen LogP) is 7.13. The highest BCUT2D eigenvalue weighted by Gasteiger charge is 2.49. The number of benzene rings is 3. The lowest BCUT2D eigenvalue weighted by atomic mass is 9.96. The molecule has 7 rings (SSSR count). The minimum Gasteiger partial charge on any atom is -0.505 e. The van der Waals surface area contributed by atoms with Crippen LogP contribution in [0.4, 0.5) is 5.13 Å². The number of carbonyl (C=O) groups is 2. The standard InChI is InChI=1S/C35H27N5O4S2/c1-3-19-44-25-16-14-23(15-17-25)30-28(31(41)29-21(2)36-27-13-6-7-18-39(27)29)32(42)33(43)40(30)34-37-38-35(46-34)45-20-24-11-8-10-22-9-4-5-12-26(22)24/h3-18,30,41H,1,19-20H2,2H3. The van der Waals surface area contributed by atoms with Crippen molar-refractivity contribution in [2.24, 2.45) is 0 Å². The molecule has 3 aromatic heterocycles. The average molecular weight is 646 g/mol. The van der Waals surface area contributed by atoms with Crippen LogP contribution in [0.25, 0.3) is 22.2 Å². The molecule has 6 aromatic rings. The number of aryl methyl sites for hydroxylation is 1. The molecular formula is C35H27N5O4S2. The first-order valence-corrected chi connectivity index (χ1v) is 16.3. The van der Waals surface area contributed by atoms with Crippen molar-refractivity contribution in [1.82, 2.24) is 19.6 Å². The van der Waals surface area contributed by atoms with Crippen molar-refractivity contribution < 1.29 is 19.4 Å². The summed E-state index contributed by atoms with van der Waals surface area (Å²) in [6, 6.07) is 25.9. The zero-order valence-electron chi connectivity index (χ0n) is 24.7. The molecule has 1 fully saturated rings. The number of aliphatic hydroxyl groups excluding tert-OH is 1. The molecule has 1 aliphatic heterocycles. The number of hydrogen-bond donors (Lipinski definition) is 1. The molecule has 1 aliphatic rings. The molecule has 3 aromatic carbocycles. The highest BCUT2D eigenvalue weighted by molar-refractivity contribution is 8.00. The Morgan fingerprint density at radius 1 is 1.02 bits per heavy atom. The number of ether oxygens (including phenoxy) is 1. The third-order valence-corrected chi connectivity index (χ3v) is 9.87. The third kappa shape index (κ3) is 5.23. The highest BCUT2D eigenvalue weighted by Crippen LogP contribution is 2.44. The number of amides is 1. The van der Waals surface area contributed by atoms with Gasteiger partial charge in [-0.2, -0.15) is 0 Å². The SMILES string of the molecule is C=CCOc1ccc(C2C(=C(O)c3c(C)nc4ccccn34)C(=O)C(=O)N2c2nnc(SCc3cccc4ccccc34)s2)cc1. The van der Waals surface area contributed by atoms with Crippen LogP contribution in [-0.4, -0.2) is 43.0 Å². The van der Waals surface area contributed by atoms with Crippen molar-refractivity contribution in [3.8, 4) is 5.75 Å². The number of ketones is 1. The summed E-state index contributed by atoms with van der Waals surface area (Å²) in [7, 11) is 0. The van der Waals surface area contributed by atoms with Crippen molar-refractivity contribution in [2.75, 3.05) is 11.5 Å². The van der Waals surface area contributed by atoms with Crippen molar-refractivity contribution >= 4 is 62.1 Å². The number of rotatable bonds is 9. The smallest absolute Gasteiger partial charge is 0.301 e. The van der Waals surface area contributed by atoms with Gasteiger partial charge in [-0.3, -0.25) is 18.9 Å². The Bertz CT molecular complexity index is 2160. The summed E-state index contributed by atoms with van der Waals surface area (Å²) >= 11 is 2.74. The molecule has 0 saturated carbocycles. The molecule has 11 heteroatoms. The number of carbonyl (C=O) groups excluding carboxylic acids is 2. The Hall–Kier alpha value is -5.26. The minimum atomic E-state index is -0.967. The fourth-order valence-electron chi connectivity index (χ4n) is 5.69. The fourth-order valence-corrected chi connectivity index (χ4v) is 7.56. The topological polar surface area (TPSA) is 110 Å². The number of pyridine rings is 1. The van der Waals surface area contributed by atoms with Crippen LogP contribution in [0, 0.1) is 6.92 Å². The van der Waals surface area contributed by atoms with E-state index in [9.17, 15) is 14.7 Å². The lowest BCUT2D eigenvalue weighted by Gasteiger charge is -2.22. The van der Waals surface area contributed by atoms with E-state index in [-0.39, 0.29) is 16.5 Å². The molecule has 1 atom stereocenters. The first-order valence-electron chi connectivity index (χ1n) is 14.5. The van der Waals surface area contributed by atoms with Gasteiger partial charge < -0.3 is 9.84 Å². The summed E-state index contributed by atoms with van der Waals surface area (Å²) in [6.45, 7) is 5.77. The summed E-state index contributed by atoms with van der Waals surface area (Å²) in [5, 5.41) is 23.1. The van der Waals surface area contributed by atoms with Crippen LogP contribution in [0.5, 0.6) is 5.75 Å². The lowest BCUT2D eigenvalue weighted by Crippen LogP contribution is -2.29. The number of anilines is 1. The number of thioether (sulfide) groups is 1. The Labute approximate surface area is 272 Å². The Balaban J connectivity index is 1.28. The van der Waals surface area contributed by atoms with Crippen LogP contribution in [0.1, 0.15) is 28.6 Å². The number of hydrogen-bond acceptors (Lipinski definition) is 9. The van der Waals surface area contributed by atoms with Gasteiger partial charge in [0.15, 0.2) is 10.1 Å². The molecule has 228 valence electrons. The summed E-state index contributed by atoms with van der Waals surface area (Å²) in [5.41, 5.74) is 3.16. The van der Waals surface area contributed by atoms with Crippen molar-refractivity contribution in [3.63, 3.8) is 0 Å². The second-order valence-electron chi connectivity index (χ2n) is 10.6. The molecule has 0 bridgehead atoms. The van der Waals surface area contributed by atoms with Crippen LogP contribution in [-0.2, 0) is 15.3 Å².